The molecule has 9 heavy (non-hydrogen) atoms. The van der Waals surface area contributed by atoms with Crippen molar-refractivity contribution in [2.75, 3.05) is 0 Å². The molecule has 1 nitrogen and oxygen atoms in total. The summed E-state index contributed by atoms with van der Waals surface area (Å²) in [6, 6.07) is 5.84. The smallest absolute Gasteiger partial charge is 0.0528 e. The molecule has 0 aliphatic rings. The molecule has 1 aromatic heterocycles. The average Bonchev–Trinajstić information content (AvgIpc) is 1.90. The fourth-order valence-corrected chi connectivity index (χ4v) is 0.776. The molecule has 0 spiro atoms. The second kappa shape index (κ2) is 2.87. The molecule has 1 aromatic rings. The Morgan fingerprint density at radius 3 is 2.67 bits per heavy atom. The lowest BCUT2D eigenvalue weighted by Gasteiger charge is -1.99. The van der Waals surface area contributed by atoms with Gasteiger partial charge in [0.2, 0.25) is 0 Å². The van der Waals surface area contributed by atoms with Crippen molar-refractivity contribution in [2.24, 2.45) is 0 Å². The number of hydrogen-bond acceptors (Lipinski definition) is 2. The van der Waals surface area contributed by atoms with Crippen molar-refractivity contribution in [3.63, 3.8) is 0 Å². The van der Waals surface area contributed by atoms with E-state index in [1.54, 1.807) is 6.20 Å². The molecular formula is C7H9NS. The van der Waals surface area contributed by atoms with Crippen molar-refractivity contribution in [1.82, 2.24) is 4.98 Å². The van der Waals surface area contributed by atoms with Gasteiger partial charge in [0, 0.05) is 11.4 Å². The van der Waals surface area contributed by atoms with Crippen molar-refractivity contribution < 1.29 is 0 Å². The van der Waals surface area contributed by atoms with Crippen LogP contribution in [0.2, 0.25) is 0 Å². The first-order chi connectivity index (χ1) is 4.30. The Balaban J connectivity index is 2.85. The minimum absolute atomic E-state index is 0.242. The van der Waals surface area contributed by atoms with Gasteiger partial charge in [-0.25, -0.2) is 0 Å². The minimum atomic E-state index is 0.242. The standard InChI is InChI=1S/C7H9NS/c1-6(9)7-4-2-3-5-8-7/h2-6,9H,1H3/t6-/m1/s1. The molecule has 1 rings (SSSR count). The molecule has 0 bridgehead atoms. The summed E-state index contributed by atoms with van der Waals surface area (Å²) in [6.45, 7) is 2.01. The largest absolute Gasteiger partial charge is 0.260 e. The maximum Gasteiger partial charge on any atom is 0.0528 e. The molecule has 0 fully saturated rings. The molecule has 0 unspecified atom stereocenters. The van der Waals surface area contributed by atoms with Crippen molar-refractivity contribution in [3.8, 4) is 0 Å². The Labute approximate surface area is 60.5 Å². The van der Waals surface area contributed by atoms with Crippen LogP contribution >= 0.6 is 12.6 Å². The van der Waals surface area contributed by atoms with Gasteiger partial charge in [-0.05, 0) is 19.1 Å². The monoisotopic (exact) mass is 139 g/mol. The summed E-state index contributed by atoms with van der Waals surface area (Å²) in [5.74, 6) is 0. The number of hydrogen-bond donors (Lipinski definition) is 1. The SMILES string of the molecule is C[C@@H](S)c1ccccn1. The van der Waals surface area contributed by atoms with Crippen molar-refractivity contribution in [1.29, 1.82) is 0 Å². The highest BCUT2D eigenvalue weighted by atomic mass is 32.1. The molecule has 2 heteroatoms. The van der Waals surface area contributed by atoms with Crippen LogP contribution in [0.5, 0.6) is 0 Å². The molecule has 48 valence electrons. The highest BCUT2D eigenvalue weighted by molar-refractivity contribution is 7.80. The molecule has 0 amide bonds. The Morgan fingerprint density at radius 1 is 1.56 bits per heavy atom. The first-order valence-electron chi connectivity index (χ1n) is 2.89. The predicted octanol–water partition coefficient (Wildman–Crippen LogP) is 2.07. The topological polar surface area (TPSA) is 12.9 Å². The van der Waals surface area contributed by atoms with E-state index in [1.807, 2.05) is 25.1 Å². The molecule has 0 saturated heterocycles. The Kier molecular flexibility index (Phi) is 2.11. The van der Waals surface area contributed by atoms with E-state index in [4.69, 9.17) is 0 Å². The van der Waals surface area contributed by atoms with E-state index in [9.17, 15) is 0 Å². The Morgan fingerprint density at radius 2 is 2.33 bits per heavy atom. The molecule has 1 heterocycles. The van der Waals surface area contributed by atoms with Gasteiger partial charge in [0.15, 0.2) is 0 Å². The quantitative estimate of drug-likeness (QED) is 0.588. The normalized spacial score (nSPS) is 13.1. The summed E-state index contributed by atoms with van der Waals surface area (Å²) >= 11 is 4.23. The fourth-order valence-electron chi connectivity index (χ4n) is 0.623. The van der Waals surface area contributed by atoms with Crippen LogP contribution < -0.4 is 0 Å². The maximum atomic E-state index is 4.23. The van der Waals surface area contributed by atoms with Gasteiger partial charge in [0.1, 0.15) is 0 Å². The second-order valence-electron chi connectivity index (χ2n) is 1.93. The van der Waals surface area contributed by atoms with Crippen LogP contribution in [0.1, 0.15) is 17.9 Å². The van der Waals surface area contributed by atoms with E-state index in [1.165, 1.54) is 0 Å². The first-order valence-corrected chi connectivity index (χ1v) is 3.41. The number of nitrogens with zero attached hydrogens (tertiary/aromatic N) is 1. The molecule has 0 saturated carbocycles. The summed E-state index contributed by atoms with van der Waals surface area (Å²) < 4.78 is 0. The van der Waals surface area contributed by atoms with Crippen LogP contribution in [0.25, 0.3) is 0 Å². The molecule has 0 N–H and O–H groups in total. The summed E-state index contributed by atoms with van der Waals surface area (Å²) in [5, 5.41) is 0.242. The van der Waals surface area contributed by atoms with E-state index in [0.717, 1.165) is 5.69 Å². The molecule has 1 atom stereocenters. The van der Waals surface area contributed by atoms with Gasteiger partial charge in [-0.2, -0.15) is 12.6 Å². The average molecular weight is 139 g/mol. The minimum Gasteiger partial charge on any atom is -0.260 e. The third kappa shape index (κ3) is 1.72. The van der Waals surface area contributed by atoms with Gasteiger partial charge in [-0.3, -0.25) is 4.98 Å². The van der Waals surface area contributed by atoms with E-state index in [2.05, 4.69) is 17.6 Å². The zero-order chi connectivity index (χ0) is 6.69. The number of pyridine rings is 1. The van der Waals surface area contributed by atoms with Gasteiger partial charge in [0.05, 0.1) is 5.69 Å². The summed E-state index contributed by atoms with van der Waals surface area (Å²) in [7, 11) is 0. The van der Waals surface area contributed by atoms with E-state index >= 15 is 0 Å². The summed E-state index contributed by atoms with van der Waals surface area (Å²) in [6.07, 6.45) is 1.78. The Hall–Kier alpha value is -0.500. The van der Waals surface area contributed by atoms with Crippen molar-refractivity contribution >= 4 is 12.6 Å². The van der Waals surface area contributed by atoms with E-state index in [0.29, 0.717) is 0 Å². The van der Waals surface area contributed by atoms with Gasteiger partial charge in [-0.15, -0.1) is 0 Å². The van der Waals surface area contributed by atoms with Crippen molar-refractivity contribution in [3.05, 3.63) is 30.1 Å². The van der Waals surface area contributed by atoms with Gasteiger partial charge in [0.25, 0.3) is 0 Å². The fraction of sp³-hybridized carbons (Fsp3) is 0.286. The molecule has 0 aliphatic carbocycles. The molecule has 0 radical (unpaired) electrons. The number of aromatic nitrogens is 1. The van der Waals surface area contributed by atoms with E-state index in [-0.39, 0.29) is 5.25 Å². The lowest BCUT2D eigenvalue weighted by atomic mass is 10.3. The molecular weight excluding hydrogens is 130 g/mol. The maximum absolute atomic E-state index is 4.23. The predicted molar refractivity (Wildman–Crippen MR) is 41.6 cm³/mol. The number of thiol groups is 1. The van der Waals surface area contributed by atoms with Crippen LogP contribution in [-0.4, -0.2) is 4.98 Å². The van der Waals surface area contributed by atoms with Gasteiger partial charge >= 0.3 is 0 Å². The lowest BCUT2D eigenvalue weighted by molar-refractivity contribution is 1.02. The van der Waals surface area contributed by atoms with Crippen LogP contribution in [0.3, 0.4) is 0 Å². The summed E-state index contributed by atoms with van der Waals surface area (Å²) in [4.78, 5) is 4.10. The van der Waals surface area contributed by atoms with Gasteiger partial charge in [-0.1, -0.05) is 6.07 Å². The van der Waals surface area contributed by atoms with Crippen LogP contribution in [-0.2, 0) is 0 Å². The van der Waals surface area contributed by atoms with Crippen LogP contribution in [0, 0.1) is 0 Å². The third-order valence-corrected chi connectivity index (χ3v) is 1.38. The zero-order valence-corrected chi connectivity index (χ0v) is 6.18. The van der Waals surface area contributed by atoms with Crippen LogP contribution in [0.15, 0.2) is 24.4 Å². The molecule has 0 aliphatic heterocycles. The first kappa shape index (κ1) is 6.62. The summed E-state index contributed by atoms with van der Waals surface area (Å²) in [5.41, 5.74) is 1.03. The zero-order valence-electron chi connectivity index (χ0n) is 5.28. The third-order valence-electron chi connectivity index (χ3n) is 1.12. The number of rotatable bonds is 1. The van der Waals surface area contributed by atoms with Gasteiger partial charge < -0.3 is 0 Å². The van der Waals surface area contributed by atoms with Crippen LogP contribution in [0.4, 0.5) is 0 Å². The molecule has 0 aromatic carbocycles. The Bertz CT molecular complexity index is 172. The van der Waals surface area contributed by atoms with E-state index < -0.39 is 0 Å². The lowest BCUT2D eigenvalue weighted by Crippen LogP contribution is -1.86. The van der Waals surface area contributed by atoms with Crippen molar-refractivity contribution in [2.45, 2.75) is 12.2 Å². The highest BCUT2D eigenvalue weighted by Gasteiger charge is 1.96. The second-order valence-corrected chi connectivity index (χ2v) is 2.71. The highest BCUT2D eigenvalue weighted by Crippen LogP contribution is 2.14.